The van der Waals surface area contributed by atoms with Crippen LogP contribution >= 0.6 is 11.6 Å². The predicted octanol–water partition coefficient (Wildman–Crippen LogP) is 3.00. The molecule has 1 saturated heterocycles. The van der Waals surface area contributed by atoms with E-state index in [-0.39, 0.29) is 5.37 Å². The van der Waals surface area contributed by atoms with Crippen LogP contribution in [0.25, 0.3) is 0 Å². The maximum Gasteiger partial charge on any atom is 0.316 e. The number of hydrogen-bond acceptors (Lipinski definition) is 1. The Labute approximate surface area is 84.2 Å². The quantitative estimate of drug-likeness (QED) is 0.436. The van der Waals surface area contributed by atoms with Gasteiger partial charge in [0.15, 0.2) is 0 Å². The van der Waals surface area contributed by atoms with Gasteiger partial charge in [0.2, 0.25) is 0 Å². The van der Waals surface area contributed by atoms with E-state index in [1.165, 1.54) is 32.1 Å². The number of halogens is 1. The van der Waals surface area contributed by atoms with Gasteiger partial charge in [0.1, 0.15) is 0 Å². The number of carbonyl (C=O) groups is 1. The standard InChI is InChI=1S/C10H16ClNO/c11-10(13)12-7-3-5-8-4-1-2-6-9(8)12/h8-9H,1-7H2. The van der Waals surface area contributed by atoms with E-state index in [1.54, 1.807) is 0 Å². The van der Waals surface area contributed by atoms with Crippen molar-refractivity contribution in [2.45, 2.75) is 44.6 Å². The van der Waals surface area contributed by atoms with Gasteiger partial charge in [-0.15, -0.1) is 0 Å². The molecule has 1 heterocycles. The number of nitrogens with zero attached hydrogens (tertiary/aromatic N) is 1. The van der Waals surface area contributed by atoms with Crippen molar-refractivity contribution < 1.29 is 4.79 Å². The number of fused-ring (bicyclic) bond motifs is 1. The maximum atomic E-state index is 11.1. The smallest absolute Gasteiger partial charge is 0.316 e. The van der Waals surface area contributed by atoms with Crippen LogP contribution in [-0.2, 0) is 0 Å². The Hall–Kier alpha value is -0.240. The third-order valence-corrected chi connectivity index (χ3v) is 3.69. The topological polar surface area (TPSA) is 20.3 Å². The first-order valence-electron chi connectivity index (χ1n) is 5.25. The molecule has 2 aliphatic rings. The van der Waals surface area contributed by atoms with Gasteiger partial charge in [-0.05, 0) is 43.2 Å². The first-order valence-corrected chi connectivity index (χ1v) is 5.63. The summed E-state index contributed by atoms with van der Waals surface area (Å²) in [6.07, 6.45) is 7.51. The highest BCUT2D eigenvalue weighted by molar-refractivity contribution is 6.62. The van der Waals surface area contributed by atoms with Crippen LogP contribution in [0.2, 0.25) is 0 Å². The van der Waals surface area contributed by atoms with E-state index in [0.717, 1.165) is 18.9 Å². The first kappa shape index (κ1) is 9.32. The summed E-state index contributed by atoms with van der Waals surface area (Å²) in [6.45, 7) is 0.878. The molecule has 2 unspecified atom stereocenters. The third-order valence-electron chi connectivity index (χ3n) is 3.47. The minimum atomic E-state index is -0.239. The Morgan fingerprint density at radius 3 is 2.62 bits per heavy atom. The van der Waals surface area contributed by atoms with Crippen LogP contribution < -0.4 is 0 Å². The second kappa shape index (κ2) is 3.87. The van der Waals surface area contributed by atoms with Crippen LogP contribution in [0.15, 0.2) is 0 Å². The molecule has 2 fully saturated rings. The first-order chi connectivity index (χ1) is 6.29. The zero-order valence-electron chi connectivity index (χ0n) is 7.84. The van der Waals surface area contributed by atoms with Gasteiger partial charge in [-0.1, -0.05) is 12.8 Å². The fraction of sp³-hybridized carbons (Fsp3) is 0.900. The molecule has 1 saturated carbocycles. The van der Waals surface area contributed by atoms with Crippen LogP contribution in [0, 0.1) is 5.92 Å². The number of hydrogen-bond donors (Lipinski definition) is 0. The van der Waals surface area contributed by atoms with E-state index in [0.29, 0.717) is 6.04 Å². The second-order valence-electron chi connectivity index (χ2n) is 4.20. The van der Waals surface area contributed by atoms with Gasteiger partial charge in [-0.25, -0.2) is 0 Å². The molecule has 1 aliphatic heterocycles. The van der Waals surface area contributed by atoms with Crippen molar-refractivity contribution in [2.24, 2.45) is 5.92 Å². The van der Waals surface area contributed by atoms with E-state index in [2.05, 4.69) is 0 Å². The van der Waals surface area contributed by atoms with Crippen molar-refractivity contribution in [3.8, 4) is 0 Å². The average Bonchev–Trinajstić information content (AvgIpc) is 2.17. The molecule has 2 atom stereocenters. The summed E-state index contributed by atoms with van der Waals surface area (Å²) in [5.41, 5.74) is 0. The van der Waals surface area contributed by atoms with Crippen LogP contribution in [0.3, 0.4) is 0 Å². The largest absolute Gasteiger partial charge is 0.326 e. The normalized spacial score (nSPS) is 34.1. The lowest BCUT2D eigenvalue weighted by atomic mass is 9.78. The zero-order valence-corrected chi connectivity index (χ0v) is 8.59. The van der Waals surface area contributed by atoms with E-state index in [4.69, 9.17) is 11.6 Å². The number of rotatable bonds is 0. The molecule has 0 spiro atoms. The zero-order chi connectivity index (χ0) is 9.26. The summed E-state index contributed by atoms with van der Waals surface area (Å²) < 4.78 is 0. The van der Waals surface area contributed by atoms with Gasteiger partial charge in [0.05, 0.1) is 0 Å². The van der Waals surface area contributed by atoms with Crippen LogP contribution in [0.5, 0.6) is 0 Å². The van der Waals surface area contributed by atoms with Crippen LogP contribution in [0.4, 0.5) is 4.79 Å². The Morgan fingerprint density at radius 2 is 1.85 bits per heavy atom. The van der Waals surface area contributed by atoms with Crippen molar-refractivity contribution in [1.29, 1.82) is 0 Å². The number of amides is 1. The highest BCUT2D eigenvalue weighted by Gasteiger charge is 2.34. The van der Waals surface area contributed by atoms with Crippen molar-refractivity contribution in [2.75, 3.05) is 6.54 Å². The van der Waals surface area contributed by atoms with E-state index >= 15 is 0 Å². The molecular weight excluding hydrogens is 186 g/mol. The predicted molar refractivity (Wildman–Crippen MR) is 52.9 cm³/mol. The Kier molecular flexibility index (Phi) is 2.77. The summed E-state index contributed by atoms with van der Waals surface area (Å²) in [5.74, 6) is 0.741. The van der Waals surface area contributed by atoms with Crippen molar-refractivity contribution >= 4 is 17.0 Å². The molecule has 0 aromatic rings. The van der Waals surface area contributed by atoms with Crippen LogP contribution in [-0.4, -0.2) is 22.9 Å². The highest BCUT2D eigenvalue weighted by Crippen LogP contribution is 2.35. The Bertz CT molecular complexity index is 205. The molecule has 0 aromatic heterocycles. The van der Waals surface area contributed by atoms with Crippen molar-refractivity contribution in [3.05, 3.63) is 0 Å². The monoisotopic (exact) mass is 201 g/mol. The third kappa shape index (κ3) is 1.83. The molecule has 13 heavy (non-hydrogen) atoms. The summed E-state index contributed by atoms with van der Waals surface area (Å²) in [5, 5.41) is -0.239. The van der Waals surface area contributed by atoms with Crippen LogP contribution in [0.1, 0.15) is 38.5 Å². The van der Waals surface area contributed by atoms with Gasteiger partial charge < -0.3 is 4.90 Å². The summed E-state index contributed by atoms with van der Waals surface area (Å²) in [4.78, 5) is 13.0. The molecule has 1 aliphatic carbocycles. The molecule has 1 amide bonds. The van der Waals surface area contributed by atoms with E-state index in [9.17, 15) is 4.79 Å². The van der Waals surface area contributed by atoms with E-state index < -0.39 is 0 Å². The summed E-state index contributed by atoms with van der Waals surface area (Å²) in [6, 6.07) is 0.465. The minimum absolute atomic E-state index is 0.239. The van der Waals surface area contributed by atoms with Gasteiger partial charge >= 0.3 is 5.37 Å². The maximum absolute atomic E-state index is 11.1. The van der Waals surface area contributed by atoms with Gasteiger partial charge in [-0.3, -0.25) is 4.79 Å². The number of carbonyl (C=O) groups excluding carboxylic acids is 1. The second-order valence-corrected chi connectivity index (χ2v) is 4.52. The number of piperidine rings is 1. The summed E-state index contributed by atoms with van der Waals surface area (Å²) >= 11 is 5.56. The lowest BCUT2D eigenvalue weighted by Gasteiger charge is -2.43. The molecule has 2 nitrogen and oxygen atoms in total. The Balaban J connectivity index is 2.06. The van der Waals surface area contributed by atoms with Gasteiger partial charge in [0, 0.05) is 12.6 Å². The van der Waals surface area contributed by atoms with Gasteiger partial charge in [-0.2, -0.15) is 0 Å². The average molecular weight is 202 g/mol. The lowest BCUT2D eigenvalue weighted by molar-refractivity contribution is 0.0961. The molecular formula is C10H16ClNO. The number of likely N-dealkylation sites (tertiary alicyclic amines) is 1. The fourth-order valence-electron chi connectivity index (χ4n) is 2.84. The van der Waals surface area contributed by atoms with E-state index in [1.807, 2.05) is 4.90 Å². The lowest BCUT2D eigenvalue weighted by Crippen LogP contribution is -2.47. The molecule has 0 aromatic carbocycles. The van der Waals surface area contributed by atoms with Crippen molar-refractivity contribution in [1.82, 2.24) is 4.90 Å². The minimum Gasteiger partial charge on any atom is -0.326 e. The summed E-state index contributed by atoms with van der Waals surface area (Å²) in [7, 11) is 0. The SMILES string of the molecule is O=C(Cl)N1CCCC2CCCCC21. The molecule has 0 radical (unpaired) electrons. The molecule has 74 valence electrons. The van der Waals surface area contributed by atoms with Gasteiger partial charge in [0.25, 0.3) is 0 Å². The Morgan fingerprint density at radius 1 is 1.15 bits per heavy atom. The molecule has 3 heteroatoms. The molecule has 0 N–H and O–H groups in total. The fourth-order valence-corrected chi connectivity index (χ4v) is 3.05. The molecule has 0 bridgehead atoms. The highest BCUT2D eigenvalue weighted by atomic mass is 35.5. The van der Waals surface area contributed by atoms with Crippen molar-refractivity contribution in [3.63, 3.8) is 0 Å². The molecule has 2 rings (SSSR count).